The van der Waals surface area contributed by atoms with Gasteiger partial charge >= 0.3 is 0 Å². The second-order valence-electron chi connectivity index (χ2n) is 4.34. The summed E-state index contributed by atoms with van der Waals surface area (Å²) in [6, 6.07) is 11.5. The smallest absolute Gasteiger partial charge is 0.122 e. The Morgan fingerprint density at radius 2 is 1.70 bits per heavy atom. The van der Waals surface area contributed by atoms with Crippen LogP contribution < -0.4 is 4.74 Å². The summed E-state index contributed by atoms with van der Waals surface area (Å²) in [7, 11) is 1.63. The summed E-state index contributed by atoms with van der Waals surface area (Å²) in [5.74, 6) is 0.778. The molecule has 2 rings (SSSR count). The van der Waals surface area contributed by atoms with Gasteiger partial charge in [0, 0.05) is 19.8 Å². The van der Waals surface area contributed by atoms with Crippen LogP contribution in [0.3, 0.4) is 0 Å². The summed E-state index contributed by atoms with van der Waals surface area (Å²) in [6.45, 7) is 0. The van der Waals surface area contributed by atoms with E-state index in [1.54, 1.807) is 7.11 Å². The number of halogens is 3. The van der Waals surface area contributed by atoms with Crippen LogP contribution in [-0.2, 0) is 6.42 Å². The van der Waals surface area contributed by atoms with Crippen LogP contribution in [0.5, 0.6) is 5.75 Å². The average molecular weight is 465 g/mol. The maximum atomic E-state index is 10.4. The van der Waals surface area contributed by atoms with Crippen LogP contribution in [0.2, 0.25) is 0 Å². The van der Waals surface area contributed by atoms with Gasteiger partial charge in [0.05, 0.1) is 13.2 Å². The van der Waals surface area contributed by atoms with Gasteiger partial charge in [-0.3, -0.25) is 0 Å². The van der Waals surface area contributed by atoms with E-state index in [1.165, 1.54) is 0 Å². The lowest BCUT2D eigenvalue weighted by atomic mass is 10.0. The van der Waals surface area contributed by atoms with Crippen LogP contribution in [0.15, 0.2) is 49.8 Å². The maximum absolute atomic E-state index is 10.4. The van der Waals surface area contributed by atoms with Crippen molar-refractivity contribution < 1.29 is 9.84 Å². The molecule has 0 fully saturated rings. The van der Waals surface area contributed by atoms with Crippen molar-refractivity contribution in [3.8, 4) is 5.75 Å². The molecule has 2 nitrogen and oxygen atoms in total. The molecule has 20 heavy (non-hydrogen) atoms. The predicted octanol–water partition coefficient (Wildman–Crippen LogP) is 5.26. The van der Waals surface area contributed by atoms with Crippen LogP contribution in [-0.4, -0.2) is 12.2 Å². The highest BCUT2D eigenvalue weighted by molar-refractivity contribution is 9.11. The Morgan fingerprint density at radius 1 is 1.05 bits per heavy atom. The fraction of sp³-hybridized carbons (Fsp3) is 0.200. The Balaban J connectivity index is 2.27. The Bertz CT molecular complexity index is 614. The van der Waals surface area contributed by atoms with Gasteiger partial charge < -0.3 is 9.84 Å². The van der Waals surface area contributed by atoms with Gasteiger partial charge in [-0.2, -0.15) is 0 Å². The quantitative estimate of drug-likeness (QED) is 0.669. The first-order valence-corrected chi connectivity index (χ1v) is 8.34. The molecule has 1 N–H and O–H groups in total. The summed E-state index contributed by atoms with van der Waals surface area (Å²) in [6.07, 6.45) is -0.108. The summed E-state index contributed by atoms with van der Waals surface area (Å²) < 4.78 is 8.16. The van der Waals surface area contributed by atoms with Crippen molar-refractivity contribution in [2.75, 3.05) is 7.11 Å². The van der Waals surface area contributed by atoms with Crippen molar-refractivity contribution >= 4 is 47.8 Å². The number of hydrogen-bond acceptors (Lipinski definition) is 2. The zero-order valence-electron chi connectivity index (χ0n) is 10.7. The van der Waals surface area contributed by atoms with Crippen LogP contribution >= 0.6 is 47.8 Å². The molecule has 0 aliphatic heterocycles. The van der Waals surface area contributed by atoms with Gasteiger partial charge in [0.25, 0.3) is 0 Å². The standard InChI is InChI=1S/C15H13Br3O2/c1-20-15-5-3-10(16)6-9(15)7-14(19)12-4-2-11(17)8-13(12)18/h2-6,8,14,19H,7H2,1H3. The molecule has 0 heterocycles. The summed E-state index contributed by atoms with van der Waals surface area (Å²) in [5, 5.41) is 10.4. The molecule has 5 heteroatoms. The van der Waals surface area contributed by atoms with Crippen LogP contribution in [0, 0.1) is 0 Å². The first-order valence-electron chi connectivity index (χ1n) is 5.96. The zero-order chi connectivity index (χ0) is 14.7. The third kappa shape index (κ3) is 3.85. The van der Waals surface area contributed by atoms with Crippen molar-refractivity contribution in [1.29, 1.82) is 0 Å². The lowest BCUT2D eigenvalue weighted by molar-refractivity contribution is 0.176. The molecule has 1 unspecified atom stereocenters. The van der Waals surface area contributed by atoms with Crippen molar-refractivity contribution in [2.24, 2.45) is 0 Å². The molecule has 0 saturated heterocycles. The first kappa shape index (κ1) is 16.0. The van der Waals surface area contributed by atoms with Crippen LogP contribution in [0.1, 0.15) is 17.2 Å². The van der Waals surface area contributed by atoms with Gasteiger partial charge in [0.15, 0.2) is 0 Å². The molecule has 1 atom stereocenters. The first-order chi connectivity index (χ1) is 9.51. The Hall–Kier alpha value is -0.360. The van der Waals surface area contributed by atoms with Crippen molar-refractivity contribution in [2.45, 2.75) is 12.5 Å². The van der Waals surface area contributed by atoms with E-state index >= 15 is 0 Å². The van der Waals surface area contributed by atoms with Gasteiger partial charge in [-0.25, -0.2) is 0 Å². The van der Waals surface area contributed by atoms with E-state index in [0.29, 0.717) is 6.42 Å². The number of benzene rings is 2. The SMILES string of the molecule is COc1ccc(Br)cc1CC(O)c1ccc(Br)cc1Br. The van der Waals surface area contributed by atoms with E-state index in [2.05, 4.69) is 47.8 Å². The minimum absolute atomic E-state index is 0.489. The van der Waals surface area contributed by atoms with Gasteiger partial charge in [-0.15, -0.1) is 0 Å². The molecule has 0 aliphatic carbocycles. The van der Waals surface area contributed by atoms with Gasteiger partial charge in [0.2, 0.25) is 0 Å². The molecule has 0 radical (unpaired) electrons. The lowest BCUT2D eigenvalue weighted by Gasteiger charge is -2.15. The second kappa shape index (κ2) is 7.07. The highest BCUT2D eigenvalue weighted by Crippen LogP contribution is 2.32. The third-order valence-corrected chi connectivity index (χ3v) is 4.65. The molecule has 106 valence electrons. The molecule has 2 aromatic rings. The number of hydrogen-bond donors (Lipinski definition) is 1. The van der Waals surface area contributed by atoms with E-state index in [-0.39, 0.29) is 0 Å². The lowest BCUT2D eigenvalue weighted by Crippen LogP contribution is -2.04. The molecular formula is C15H13Br3O2. The number of aliphatic hydroxyl groups is 1. The average Bonchev–Trinajstić information content (AvgIpc) is 2.38. The van der Waals surface area contributed by atoms with E-state index in [4.69, 9.17) is 4.74 Å². The predicted molar refractivity (Wildman–Crippen MR) is 91.2 cm³/mol. The van der Waals surface area contributed by atoms with Crippen molar-refractivity contribution in [1.82, 2.24) is 0 Å². The van der Waals surface area contributed by atoms with Crippen LogP contribution in [0.25, 0.3) is 0 Å². The van der Waals surface area contributed by atoms with Gasteiger partial charge in [0.1, 0.15) is 5.75 Å². The molecule has 0 bridgehead atoms. The number of methoxy groups -OCH3 is 1. The largest absolute Gasteiger partial charge is 0.496 e. The van der Waals surface area contributed by atoms with Gasteiger partial charge in [-0.1, -0.05) is 53.9 Å². The molecule has 0 aromatic heterocycles. The Labute approximate surface area is 143 Å². The Kier molecular flexibility index (Phi) is 5.66. The highest BCUT2D eigenvalue weighted by atomic mass is 79.9. The molecule has 0 aliphatic rings. The third-order valence-electron chi connectivity index (χ3n) is 2.98. The summed E-state index contributed by atoms with van der Waals surface area (Å²) in [4.78, 5) is 0. The summed E-state index contributed by atoms with van der Waals surface area (Å²) >= 11 is 10.3. The van der Waals surface area contributed by atoms with E-state index in [0.717, 1.165) is 30.3 Å². The minimum Gasteiger partial charge on any atom is -0.496 e. The molecular weight excluding hydrogens is 452 g/mol. The van der Waals surface area contributed by atoms with Crippen molar-refractivity contribution in [3.63, 3.8) is 0 Å². The topological polar surface area (TPSA) is 29.5 Å². The van der Waals surface area contributed by atoms with Crippen LogP contribution in [0.4, 0.5) is 0 Å². The highest BCUT2D eigenvalue weighted by Gasteiger charge is 2.15. The molecule has 0 amide bonds. The molecule has 0 saturated carbocycles. The summed E-state index contributed by atoms with van der Waals surface area (Å²) in [5.41, 5.74) is 1.82. The fourth-order valence-electron chi connectivity index (χ4n) is 2.00. The van der Waals surface area contributed by atoms with Crippen molar-refractivity contribution in [3.05, 3.63) is 60.9 Å². The number of rotatable bonds is 4. The monoisotopic (exact) mass is 462 g/mol. The van der Waals surface area contributed by atoms with E-state index < -0.39 is 6.10 Å². The fourth-order valence-corrected chi connectivity index (χ4v) is 3.72. The maximum Gasteiger partial charge on any atom is 0.122 e. The zero-order valence-corrected chi connectivity index (χ0v) is 15.5. The van der Waals surface area contributed by atoms with E-state index in [1.807, 2.05) is 36.4 Å². The second-order valence-corrected chi connectivity index (χ2v) is 7.03. The van der Waals surface area contributed by atoms with Gasteiger partial charge in [-0.05, 0) is 41.5 Å². The number of ether oxygens (including phenoxy) is 1. The minimum atomic E-state index is -0.597. The van der Waals surface area contributed by atoms with E-state index in [9.17, 15) is 5.11 Å². The Morgan fingerprint density at radius 3 is 2.35 bits per heavy atom. The molecule has 0 spiro atoms. The normalized spacial score (nSPS) is 12.2. The molecule has 2 aromatic carbocycles. The number of aliphatic hydroxyl groups excluding tert-OH is 1.